The third-order valence-electron chi connectivity index (χ3n) is 6.51. The molecule has 0 atom stereocenters. The first kappa shape index (κ1) is 22.7. The van der Waals surface area contributed by atoms with Crippen LogP contribution in [0.1, 0.15) is 43.7 Å². The van der Waals surface area contributed by atoms with Gasteiger partial charge in [0.25, 0.3) is 0 Å². The molecular weight excluding hydrogens is 400 g/mol. The minimum absolute atomic E-state index is 0.213. The van der Waals surface area contributed by atoms with Gasteiger partial charge in [0.05, 0.1) is 0 Å². The lowest BCUT2D eigenvalue weighted by Crippen LogP contribution is -2.38. The Hall–Kier alpha value is -3.45. The second-order valence-corrected chi connectivity index (χ2v) is 9.46. The fourth-order valence-electron chi connectivity index (χ4n) is 4.61. The van der Waals surface area contributed by atoms with Gasteiger partial charge < -0.3 is 0 Å². The molecule has 0 heterocycles. The molecule has 0 aliphatic rings. The first-order valence-corrected chi connectivity index (χ1v) is 11.7. The van der Waals surface area contributed by atoms with Crippen LogP contribution in [-0.2, 0) is 19.3 Å². The predicted molar refractivity (Wildman–Crippen MR) is 138 cm³/mol. The second-order valence-electron chi connectivity index (χ2n) is 9.46. The van der Waals surface area contributed by atoms with Gasteiger partial charge >= 0.3 is 0 Å². The van der Waals surface area contributed by atoms with Crippen molar-refractivity contribution in [2.24, 2.45) is 5.41 Å². The van der Waals surface area contributed by atoms with Crippen molar-refractivity contribution in [2.45, 2.75) is 40.0 Å². The number of aryl methyl sites for hydroxylation is 3. The van der Waals surface area contributed by atoms with Crippen molar-refractivity contribution in [3.05, 3.63) is 142 Å². The SMILES string of the molecule is Cc1ccc(CC(Cc2ccc(C)cc2)(Cc2ccc(C)cc2)C(=O)c2ccccc2)cc1. The molecule has 0 aliphatic carbocycles. The molecule has 0 saturated carbocycles. The topological polar surface area (TPSA) is 17.1 Å². The molecule has 33 heavy (non-hydrogen) atoms. The highest BCUT2D eigenvalue weighted by atomic mass is 16.1. The van der Waals surface area contributed by atoms with Gasteiger partial charge in [-0.1, -0.05) is 120 Å². The fourth-order valence-corrected chi connectivity index (χ4v) is 4.61. The Balaban J connectivity index is 1.83. The molecule has 0 spiro atoms. The van der Waals surface area contributed by atoms with E-state index in [0.717, 1.165) is 5.56 Å². The maximum atomic E-state index is 14.3. The molecular formula is C32H32O. The molecule has 4 aromatic rings. The van der Waals surface area contributed by atoms with E-state index in [1.54, 1.807) is 0 Å². The van der Waals surface area contributed by atoms with E-state index >= 15 is 0 Å². The normalized spacial score (nSPS) is 11.4. The molecule has 4 rings (SSSR count). The Labute approximate surface area is 198 Å². The van der Waals surface area contributed by atoms with E-state index in [0.29, 0.717) is 19.3 Å². The smallest absolute Gasteiger partial charge is 0.169 e. The fraction of sp³-hybridized carbons (Fsp3) is 0.219. The average Bonchev–Trinajstić information content (AvgIpc) is 2.83. The molecule has 0 saturated heterocycles. The van der Waals surface area contributed by atoms with Crippen LogP contribution in [0.2, 0.25) is 0 Å². The van der Waals surface area contributed by atoms with Crippen LogP contribution in [0.15, 0.2) is 103 Å². The molecule has 166 valence electrons. The first-order valence-electron chi connectivity index (χ1n) is 11.7. The summed E-state index contributed by atoms with van der Waals surface area (Å²) in [4.78, 5) is 14.3. The summed E-state index contributed by atoms with van der Waals surface area (Å²) in [6, 6.07) is 35.7. The molecule has 0 fully saturated rings. The molecule has 0 aromatic heterocycles. The highest BCUT2D eigenvalue weighted by molar-refractivity contribution is 6.01. The van der Waals surface area contributed by atoms with Crippen molar-refractivity contribution in [1.29, 1.82) is 0 Å². The van der Waals surface area contributed by atoms with Crippen molar-refractivity contribution >= 4 is 5.78 Å². The summed E-state index contributed by atoms with van der Waals surface area (Å²) in [6.07, 6.45) is 2.09. The van der Waals surface area contributed by atoms with Crippen LogP contribution in [-0.4, -0.2) is 5.78 Å². The van der Waals surface area contributed by atoms with Crippen LogP contribution >= 0.6 is 0 Å². The Morgan fingerprint density at radius 1 is 0.515 bits per heavy atom. The van der Waals surface area contributed by atoms with E-state index in [1.807, 2.05) is 30.3 Å². The van der Waals surface area contributed by atoms with Gasteiger partial charge in [0.15, 0.2) is 5.78 Å². The van der Waals surface area contributed by atoms with E-state index in [4.69, 9.17) is 0 Å². The summed E-state index contributed by atoms with van der Waals surface area (Å²) in [5.74, 6) is 0.213. The molecule has 4 aromatic carbocycles. The summed E-state index contributed by atoms with van der Waals surface area (Å²) < 4.78 is 0. The number of carbonyl (C=O) groups is 1. The Bertz CT molecular complexity index is 1070. The molecule has 0 bridgehead atoms. The molecule has 1 nitrogen and oxygen atoms in total. The van der Waals surface area contributed by atoms with Crippen LogP contribution in [0.25, 0.3) is 0 Å². The van der Waals surface area contributed by atoms with Gasteiger partial charge in [-0.05, 0) is 56.7 Å². The maximum absolute atomic E-state index is 14.3. The Morgan fingerprint density at radius 2 is 0.848 bits per heavy atom. The average molecular weight is 433 g/mol. The number of carbonyl (C=O) groups excluding carboxylic acids is 1. The van der Waals surface area contributed by atoms with Gasteiger partial charge in [-0.2, -0.15) is 0 Å². The second kappa shape index (κ2) is 10.0. The lowest BCUT2D eigenvalue weighted by atomic mass is 9.67. The van der Waals surface area contributed by atoms with Crippen LogP contribution in [0.5, 0.6) is 0 Å². The summed E-state index contributed by atoms with van der Waals surface area (Å²) in [6.45, 7) is 6.31. The zero-order valence-corrected chi connectivity index (χ0v) is 19.8. The largest absolute Gasteiger partial charge is 0.294 e. The third kappa shape index (κ3) is 5.68. The Kier molecular flexibility index (Phi) is 6.89. The van der Waals surface area contributed by atoms with E-state index < -0.39 is 5.41 Å². The highest BCUT2D eigenvalue weighted by Gasteiger charge is 2.39. The number of ketones is 1. The van der Waals surface area contributed by atoms with Crippen molar-refractivity contribution in [3.8, 4) is 0 Å². The van der Waals surface area contributed by atoms with Crippen LogP contribution in [0.4, 0.5) is 0 Å². The minimum atomic E-state index is -0.582. The van der Waals surface area contributed by atoms with E-state index in [-0.39, 0.29) is 5.78 Å². The van der Waals surface area contributed by atoms with Crippen molar-refractivity contribution in [1.82, 2.24) is 0 Å². The van der Waals surface area contributed by atoms with E-state index in [1.165, 1.54) is 33.4 Å². The highest BCUT2D eigenvalue weighted by Crippen LogP contribution is 2.36. The van der Waals surface area contributed by atoms with Crippen LogP contribution in [0.3, 0.4) is 0 Å². The lowest BCUT2D eigenvalue weighted by molar-refractivity contribution is 0.0786. The van der Waals surface area contributed by atoms with Crippen molar-refractivity contribution < 1.29 is 4.79 Å². The number of rotatable bonds is 8. The molecule has 0 amide bonds. The summed E-state index contributed by atoms with van der Waals surface area (Å²) in [5, 5.41) is 0. The predicted octanol–water partition coefficient (Wildman–Crippen LogP) is 7.51. The van der Waals surface area contributed by atoms with Crippen molar-refractivity contribution in [3.63, 3.8) is 0 Å². The van der Waals surface area contributed by atoms with Gasteiger partial charge in [0, 0.05) is 11.0 Å². The van der Waals surface area contributed by atoms with Crippen LogP contribution in [0, 0.1) is 26.2 Å². The maximum Gasteiger partial charge on any atom is 0.169 e. The molecule has 0 radical (unpaired) electrons. The third-order valence-corrected chi connectivity index (χ3v) is 6.51. The van der Waals surface area contributed by atoms with Gasteiger partial charge in [-0.15, -0.1) is 0 Å². The van der Waals surface area contributed by atoms with Crippen molar-refractivity contribution in [2.75, 3.05) is 0 Å². The number of hydrogen-bond donors (Lipinski definition) is 0. The Morgan fingerprint density at radius 3 is 1.18 bits per heavy atom. The molecule has 1 heteroatoms. The lowest BCUT2D eigenvalue weighted by Gasteiger charge is -2.34. The van der Waals surface area contributed by atoms with Gasteiger partial charge in [0.2, 0.25) is 0 Å². The number of hydrogen-bond acceptors (Lipinski definition) is 1. The summed E-state index contributed by atoms with van der Waals surface area (Å²) in [5.41, 5.74) is 7.49. The monoisotopic (exact) mass is 432 g/mol. The number of benzene rings is 4. The molecule has 0 N–H and O–H groups in total. The zero-order chi connectivity index (χ0) is 23.3. The summed E-state index contributed by atoms with van der Waals surface area (Å²) in [7, 11) is 0. The standard InChI is InChI=1S/C32H32O/c1-24-9-15-27(16-10-24)21-32(22-28-17-11-25(2)12-18-28,23-29-19-13-26(3)14-20-29)31(33)30-7-5-4-6-8-30/h4-20H,21-23H2,1-3H3. The molecule has 0 aliphatic heterocycles. The van der Waals surface area contributed by atoms with Gasteiger partial charge in [0.1, 0.15) is 0 Å². The number of Topliss-reactive ketones (excluding diaryl/α,β-unsaturated/α-hetero) is 1. The van der Waals surface area contributed by atoms with Gasteiger partial charge in [-0.25, -0.2) is 0 Å². The van der Waals surface area contributed by atoms with E-state index in [2.05, 4.69) is 93.6 Å². The van der Waals surface area contributed by atoms with E-state index in [9.17, 15) is 4.79 Å². The zero-order valence-electron chi connectivity index (χ0n) is 19.8. The van der Waals surface area contributed by atoms with Crippen LogP contribution < -0.4 is 0 Å². The summed E-state index contributed by atoms with van der Waals surface area (Å²) >= 11 is 0. The quantitative estimate of drug-likeness (QED) is 0.263. The first-order chi connectivity index (χ1) is 15.9. The molecule has 0 unspecified atom stereocenters. The minimum Gasteiger partial charge on any atom is -0.294 e. The van der Waals surface area contributed by atoms with Gasteiger partial charge in [-0.3, -0.25) is 4.79 Å².